The molecule has 0 fully saturated rings. The van der Waals surface area contributed by atoms with Gasteiger partial charge < -0.3 is 0 Å². The number of hydrogen-bond acceptors (Lipinski definition) is 2. The van der Waals surface area contributed by atoms with Crippen LogP contribution in [0.15, 0.2) is 59.5 Å². The van der Waals surface area contributed by atoms with E-state index in [0.717, 1.165) is 0 Å². The minimum absolute atomic E-state index is 0.567. The zero-order valence-corrected chi connectivity index (χ0v) is 11.3. The van der Waals surface area contributed by atoms with Gasteiger partial charge in [0, 0.05) is 10.1 Å². The van der Waals surface area contributed by atoms with Crippen LogP contribution in [0.5, 0.6) is 0 Å². The molecular weight excluding hydrogens is 244 g/mol. The first-order valence-electron chi connectivity index (χ1n) is 5.83. The monoisotopic (exact) mass is 258 g/mol. The van der Waals surface area contributed by atoms with Crippen LogP contribution in [0.25, 0.3) is 0 Å². The Bertz CT molecular complexity index is 507. The van der Waals surface area contributed by atoms with Gasteiger partial charge in [-0.1, -0.05) is 77.0 Å². The van der Waals surface area contributed by atoms with Crippen molar-refractivity contribution in [3.63, 3.8) is 0 Å². The number of benzene rings is 2. The quantitative estimate of drug-likeness (QED) is 0.672. The largest absolute Gasteiger partial charge is 0.0800 e. The Morgan fingerprint density at radius 1 is 0.941 bits per heavy atom. The molecule has 2 atom stereocenters. The van der Waals surface area contributed by atoms with E-state index in [1.165, 1.54) is 16.0 Å². The maximum Gasteiger partial charge on any atom is 0.0481 e. The maximum atomic E-state index is 2.33. The topological polar surface area (TPSA) is 0 Å². The molecule has 1 aliphatic rings. The molecule has 0 aromatic heterocycles. The summed E-state index contributed by atoms with van der Waals surface area (Å²) in [6, 6.07) is 19.6. The van der Waals surface area contributed by atoms with Gasteiger partial charge >= 0.3 is 0 Å². The van der Waals surface area contributed by atoms with Gasteiger partial charge in [-0.3, -0.25) is 0 Å². The highest BCUT2D eigenvalue weighted by Crippen LogP contribution is 2.57. The van der Waals surface area contributed by atoms with Crippen LogP contribution in [0.3, 0.4) is 0 Å². The van der Waals surface area contributed by atoms with Gasteiger partial charge in [-0.05, 0) is 23.1 Å². The van der Waals surface area contributed by atoms with Crippen molar-refractivity contribution >= 4 is 21.6 Å². The van der Waals surface area contributed by atoms with E-state index in [4.69, 9.17) is 0 Å². The lowest BCUT2D eigenvalue weighted by molar-refractivity contribution is 0.738. The summed E-state index contributed by atoms with van der Waals surface area (Å²) in [6.07, 6.45) is 0. The van der Waals surface area contributed by atoms with Gasteiger partial charge in [-0.15, -0.1) is 0 Å². The van der Waals surface area contributed by atoms with Gasteiger partial charge in [-0.25, -0.2) is 0 Å². The van der Waals surface area contributed by atoms with E-state index in [0.29, 0.717) is 11.2 Å². The van der Waals surface area contributed by atoms with Crippen molar-refractivity contribution in [2.45, 2.75) is 23.0 Å². The van der Waals surface area contributed by atoms with Crippen molar-refractivity contribution in [2.24, 2.45) is 0 Å². The molecule has 2 aromatic rings. The van der Waals surface area contributed by atoms with E-state index in [1.807, 2.05) is 21.6 Å². The van der Waals surface area contributed by atoms with Gasteiger partial charge in [0.05, 0.1) is 0 Å². The minimum atomic E-state index is 0.567. The fourth-order valence-electron chi connectivity index (χ4n) is 2.23. The fraction of sp³-hybridized carbons (Fsp3) is 0.200. The smallest absolute Gasteiger partial charge is 0.0481 e. The molecule has 3 rings (SSSR count). The Balaban J connectivity index is 1.92. The van der Waals surface area contributed by atoms with Crippen molar-refractivity contribution in [3.05, 3.63) is 65.7 Å². The molecule has 0 N–H and O–H groups in total. The van der Waals surface area contributed by atoms with Gasteiger partial charge in [0.1, 0.15) is 0 Å². The van der Waals surface area contributed by atoms with Crippen LogP contribution in [0.2, 0.25) is 0 Å². The Labute approximate surface area is 110 Å². The summed E-state index contributed by atoms with van der Waals surface area (Å²) in [5.41, 5.74) is 2.93. The predicted molar refractivity (Wildman–Crippen MR) is 77.5 cm³/mol. The molecule has 1 aliphatic heterocycles. The fourth-order valence-corrected chi connectivity index (χ4v) is 5.46. The lowest BCUT2D eigenvalue weighted by atomic mass is 9.93. The molecule has 0 spiro atoms. The zero-order chi connectivity index (χ0) is 11.7. The summed E-state index contributed by atoms with van der Waals surface area (Å²) in [5, 5.41) is 0.582. The maximum absolute atomic E-state index is 2.33. The second-order valence-electron chi connectivity index (χ2n) is 4.34. The molecule has 0 aliphatic carbocycles. The van der Waals surface area contributed by atoms with Crippen LogP contribution >= 0.6 is 21.6 Å². The summed E-state index contributed by atoms with van der Waals surface area (Å²) >= 11 is 0. The normalized spacial score (nSPS) is 19.9. The molecule has 1 heterocycles. The molecule has 0 nitrogen and oxygen atoms in total. The Kier molecular flexibility index (Phi) is 3.17. The lowest BCUT2D eigenvalue weighted by Crippen LogP contribution is -2.02. The van der Waals surface area contributed by atoms with Crippen LogP contribution in [0.1, 0.15) is 29.2 Å². The van der Waals surface area contributed by atoms with Crippen molar-refractivity contribution < 1.29 is 0 Å². The van der Waals surface area contributed by atoms with Crippen LogP contribution in [0, 0.1) is 0 Å². The van der Waals surface area contributed by atoms with E-state index >= 15 is 0 Å². The third-order valence-corrected chi connectivity index (χ3v) is 6.21. The summed E-state index contributed by atoms with van der Waals surface area (Å²) in [4.78, 5) is 1.44. The van der Waals surface area contributed by atoms with E-state index < -0.39 is 0 Å². The minimum Gasteiger partial charge on any atom is -0.0800 e. The molecular formula is C15H14S2. The van der Waals surface area contributed by atoms with Crippen molar-refractivity contribution in [1.29, 1.82) is 0 Å². The van der Waals surface area contributed by atoms with Gasteiger partial charge in [0.25, 0.3) is 0 Å². The predicted octanol–water partition coefficient (Wildman–Crippen LogP) is 5.29. The molecule has 0 saturated carbocycles. The highest BCUT2D eigenvalue weighted by molar-refractivity contribution is 8.77. The number of rotatable bonds is 2. The van der Waals surface area contributed by atoms with Gasteiger partial charge in [0.2, 0.25) is 0 Å². The number of fused-ring (bicyclic) bond motifs is 1. The lowest BCUT2D eigenvalue weighted by Gasteiger charge is -2.19. The van der Waals surface area contributed by atoms with Gasteiger partial charge in [0.15, 0.2) is 0 Å². The molecule has 2 aromatic carbocycles. The Morgan fingerprint density at radius 3 is 2.47 bits per heavy atom. The molecule has 0 amide bonds. The van der Waals surface area contributed by atoms with E-state index in [1.54, 1.807) is 0 Å². The first-order chi connectivity index (χ1) is 8.36. The second kappa shape index (κ2) is 4.79. The first kappa shape index (κ1) is 11.2. The first-order valence-corrected chi connectivity index (χ1v) is 8.05. The zero-order valence-electron chi connectivity index (χ0n) is 9.67. The third kappa shape index (κ3) is 2.12. The standard InChI is InChI=1S/C15H14S2/c1-11(12-7-3-2-4-8-12)15-13-9-5-6-10-14(13)16-17-15/h2-11,15H,1H3. The van der Waals surface area contributed by atoms with E-state index in [2.05, 4.69) is 61.5 Å². The molecule has 2 unspecified atom stereocenters. The van der Waals surface area contributed by atoms with Crippen molar-refractivity contribution in [2.75, 3.05) is 0 Å². The molecule has 0 radical (unpaired) electrons. The third-order valence-electron chi connectivity index (χ3n) is 3.25. The Morgan fingerprint density at radius 2 is 1.65 bits per heavy atom. The molecule has 2 heteroatoms. The SMILES string of the molecule is CC(c1ccccc1)C1SSc2ccccc21. The molecule has 0 saturated heterocycles. The molecule has 86 valence electrons. The van der Waals surface area contributed by atoms with Crippen LogP contribution in [-0.4, -0.2) is 0 Å². The molecule has 0 bridgehead atoms. The van der Waals surface area contributed by atoms with Crippen LogP contribution < -0.4 is 0 Å². The average molecular weight is 258 g/mol. The van der Waals surface area contributed by atoms with Crippen molar-refractivity contribution in [3.8, 4) is 0 Å². The summed E-state index contributed by atoms with van der Waals surface area (Å²) in [5.74, 6) is 0.567. The average Bonchev–Trinajstić information content (AvgIpc) is 2.83. The summed E-state index contributed by atoms with van der Waals surface area (Å²) < 4.78 is 0. The Hall–Kier alpha value is -0.860. The van der Waals surface area contributed by atoms with Gasteiger partial charge in [-0.2, -0.15) is 0 Å². The van der Waals surface area contributed by atoms with Crippen molar-refractivity contribution in [1.82, 2.24) is 0 Å². The highest BCUT2D eigenvalue weighted by Gasteiger charge is 2.29. The van der Waals surface area contributed by atoms with E-state index in [-0.39, 0.29) is 0 Å². The second-order valence-corrected chi connectivity index (χ2v) is 6.72. The highest BCUT2D eigenvalue weighted by atomic mass is 33.1. The summed E-state index contributed by atoms with van der Waals surface area (Å²) in [7, 11) is 3.91. The summed E-state index contributed by atoms with van der Waals surface area (Å²) in [6.45, 7) is 2.33. The van der Waals surface area contributed by atoms with Crippen LogP contribution in [0.4, 0.5) is 0 Å². The molecule has 17 heavy (non-hydrogen) atoms. The number of hydrogen-bond donors (Lipinski definition) is 0. The van der Waals surface area contributed by atoms with E-state index in [9.17, 15) is 0 Å². The van der Waals surface area contributed by atoms with Crippen LogP contribution in [-0.2, 0) is 0 Å².